The van der Waals surface area contributed by atoms with Gasteiger partial charge in [-0.1, -0.05) is 23.9 Å². The molecule has 0 atom stereocenters. The Morgan fingerprint density at radius 2 is 1.95 bits per heavy atom. The number of para-hydroxylation sites is 1. The predicted octanol–water partition coefficient (Wildman–Crippen LogP) is 1.02. The number of amidine groups is 1. The molecule has 0 radical (unpaired) electrons. The molecule has 0 saturated heterocycles. The van der Waals surface area contributed by atoms with Crippen molar-refractivity contribution < 1.29 is 19.1 Å². The highest BCUT2D eigenvalue weighted by atomic mass is 32.2. The number of carbonyl (C=O) groups excluding carboxylic acids is 3. The highest BCUT2D eigenvalue weighted by Crippen LogP contribution is 2.16. The molecule has 22 heavy (non-hydrogen) atoms. The summed E-state index contributed by atoms with van der Waals surface area (Å²) < 4.78 is 4.91. The average molecular weight is 321 g/mol. The van der Waals surface area contributed by atoms with Gasteiger partial charge in [0, 0.05) is 5.75 Å². The molecule has 2 N–H and O–H groups in total. The topological polar surface area (TPSA) is 96.9 Å². The van der Waals surface area contributed by atoms with Gasteiger partial charge < -0.3 is 10.1 Å². The first-order valence-electron chi connectivity index (χ1n) is 6.67. The third kappa shape index (κ3) is 4.08. The van der Waals surface area contributed by atoms with Gasteiger partial charge in [0.15, 0.2) is 5.17 Å². The minimum absolute atomic E-state index is 0.193. The summed E-state index contributed by atoms with van der Waals surface area (Å²) in [6.07, 6.45) is 0. The van der Waals surface area contributed by atoms with Gasteiger partial charge in [0.05, 0.1) is 24.4 Å². The number of anilines is 1. The zero-order chi connectivity index (χ0) is 15.9. The number of nitrogens with one attached hydrogen (secondary N) is 2. The van der Waals surface area contributed by atoms with Crippen molar-refractivity contribution in [2.45, 2.75) is 6.92 Å². The van der Waals surface area contributed by atoms with Crippen molar-refractivity contribution >= 4 is 40.4 Å². The van der Waals surface area contributed by atoms with Gasteiger partial charge >= 0.3 is 17.8 Å². The smallest absolute Gasteiger partial charge is 0.340 e. The number of amides is 2. The van der Waals surface area contributed by atoms with E-state index in [1.165, 1.54) is 23.9 Å². The lowest BCUT2D eigenvalue weighted by atomic mass is 10.2. The summed E-state index contributed by atoms with van der Waals surface area (Å²) in [6, 6.07) is 6.33. The van der Waals surface area contributed by atoms with E-state index in [-0.39, 0.29) is 17.9 Å². The number of hydrogen-bond acceptors (Lipinski definition) is 6. The van der Waals surface area contributed by atoms with Crippen molar-refractivity contribution in [1.82, 2.24) is 5.32 Å². The summed E-state index contributed by atoms with van der Waals surface area (Å²) in [5.74, 6) is -1.48. The Bertz CT molecular complexity index is 630. The number of benzene rings is 1. The molecule has 2 rings (SSSR count). The maximum Gasteiger partial charge on any atom is 0.340 e. The van der Waals surface area contributed by atoms with E-state index in [4.69, 9.17) is 4.74 Å². The van der Waals surface area contributed by atoms with Gasteiger partial charge in [-0.2, -0.15) is 0 Å². The van der Waals surface area contributed by atoms with Gasteiger partial charge in [0.2, 0.25) is 0 Å². The zero-order valence-electron chi connectivity index (χ0n) is 11.9. The fourth-order valence-corrected chi connectivity index (χ4v) is 2.45. The van der Waals surface area contributed by atoms with Crippen LogP contribution in [0.3, 0.4) is 0 Å². The quantitative estimate of drug-likeness (QED) is 0.640. The van der Waals surface area contributed by atoms with Gasteiger partial charge in [0.25, 0.3) is 0 Å². The number of thioether (sulfide) groups is 1. The minimum Gasteiger partial charge on any atom is -0.462 e. The SMILES string of the molecule is CCOC(=O)c1ccccc1NC(=O)C(=O)NC1=NCCS1. The Kier molecular flexibility index (Phi) is 5.54. The van der Waals surface area contributed by atoms with Crippen molar-refractivity contribution in [2.24, 2.45) is 4.99 Å². The Morgan fingerprint density at radius 3 is 2.64 bits per heavy atom. The largest absolute Gasteiger partial charge is 0.462 e. The molecule has 0 spiro atoms. The standard InChI is InChI=1S/C14H15N3O4S/c1-2-21-13(20)9-5-3-4-6-10(9)16-11(18)12(19)17-14-15-7-8-22-14/h3-6H,2,7-8H2,1H3,(H,16,18)(H,15,17,19). The molecule has 1 aliphatic heterocycles. The lowest BCUT2D eigenvalue weighted by Gasteiger charge is -2.10. The Morgan fingerprint density at radius 1 is 1.23 bits per heavy atom. The second kappa shape index (κ2) is 7.60. The van der Waals surface area contributed by atoms with Crippen LogP contribution in [-0.4, -0.2) is 41.9 Å². The lowest BCUT2D eigenvalue weighted by Crippen LogP contribution is -2.37. The fourth-order valence-electron chi connectivity index (χ4n) is 1.72. The molecular weight excluding hydrogens is 306 g/mol. The highest BCUT2D eigenvalue weighted by Gasteiger charge is 2.20. The first-order chi connectivity index (χ1) is 10.6. The van der Waals surface area contributed by atoms with E-state index in [0.717, 1.165) is 5.75 Å². The number of ether oxygens (including phenoxy) is 1. The number of carbonyl (C=O) groups is 3. The number of esters is 1. The van der Waals surface area contributed by atoms with Crippen LogP contribution >= 0.6 is 11.8 Å². The monoisotopic (exact) mass is 321 g/mol. The van der Waals surface area contributed by atoms with Crippen molar-refractivity contribution in [1.29, 1.82) is 0 Å². The van der Waals surface area contributed by atoms with Crippen LogP contribution in [0.25, 0.3) is 0 Å². The molecule has 116 valence electrons. The van der Waals surface area contributed by atoms with E-state index in [2.05, 4.69) is 15.6 Å². The predicted molar refractivity (Wildman–Crippen MR) is 83.9 cm³/mol. The van der Waals surface area contributed by atoms with Gasteiger partial charge in [-0.05, 0) is 19.1 Å². The molecule has 0 aromatic heterocycles. The lowest BCUT2D eigenvalue weighted by molar-refractivity contribution is -0.135. The van der Waals surface area contributed by atoms with Gasteiger partial charge in [-0.3, -0.25) is 19.9 Å². The van der Waals surface area contributed by atoms with Gasteiger partial charge in [-0.15, -0.1) is 0 Å². The molecule has 1 aromatic rings. The second-order valence-corrected chi connectivity index (χ2v) is 5.29. The van der Waals surface area contributed by atoms with Crippen molar-refractivity contribution in [3.8, 4) is 0 Å². The first-order valence-corrected chi connectivity index (χ1v) is 7.66. The van der Waals surface area contributed by atoms with E-state index < -0.39 is 17.8 Å². The van der Waals surface area contributed by atoms with E-state index in [0.29, 0.717) is 11.7 Å². The third-order valence-electron chi connectivity index (χ3n) is 2.68. The second-order valence-electron chi connectivity index (χ2n) is 4.21. The zero-order valence-corrected chi connectivity index (χ0v) is 12.7. The molecule has 0 aliphatic carbocycles. The molecule has 0 unspecified atom stereocenters. The number of rotatable bonds is 3. The summed E-state index contributed by atoms with van der Waals surface area (Å²) in [5, 5.41) is 5.26. The van der Waals surface area contributed by atoms with Crippen LogP contribution in [0.2, 0.25) is 0 Å². The summed E-state index contributed by atoms with van der Waals surface area (Å²) >= 11 is 1.37. The van der Waals surface area contributed by atoms with Crippen LogP contribution in [0.1, 0.15) is 17.3 Å². The molecule has 1 aliphatic rings. The van der Waals surface area contributed by atoms with Crippen molar-refractivity contribution in [2.75, 3.05) is 24.2 Å². The maximum atomic E-state index is 11.9. The molecule has 7 nitrogen and oxygen atoms in total. The van der Waals surface area contributed by atoms with E-state index in [1.54, 1.807) is 19.1 Å². The summed E-state index contributed by atoms with van der Waals surface area (Å²) in [6.45, 7) is 2.53. The third-order valence-corrected chi connectivity index (χ3v) is 3.57. The normalized spacial score (nSPS) is 13.2. The van der Waals surface area contributed by atoms with Crippen LogP contribution in [0, 0.1) is 0 Å². The molecule has 1 aromatic carbocycles. The Balaban J connectivity index is 2.04. The summed E-state index contributed by atoms with van der Waals surface area (Å²) in [4.78, 5) is 39.5. The van der Waals surface area contributed by atoms with Crippen LogP contribution < -0.4 is 10.6 Å². The summed E-state index contributed by atoms with van der Waals surface area (Å²) in [7, 11) is 0. The molecule has 8 heteroatoms. The van der Waals surface area contributed by atoms with Crippen molar-refractivity contribution in [3.63, 3.8) is 0 Å². The molecule has 0 bridgehead atoms. The van der Waals surface area contributed by atoms with E-state index in [1.807, 2.05) is 0 Å². The average Bonchev–Trinajstić information content (AvgIpc) is 3.01. The molecule has 0 saturated carbocycles. The number of hydrogen-bond donors (Lipinski definition) is 2. The van der Waals surface area contributed by atoms with Crippen LogP contribution in [-0.2, 0) is 14.3 Å². The highest BCUT2D eigenvalue weighted by molar-refractivity contribution is 8.14. The molecule has 2 amide bonds. The molecule has 0 fully saturated rings. The van der Waals surface area contributed by atoms with E-state index in [9.17, 15) is 14.4 Å². The Labute approximate surface area is 131 Å². The Hall–Kier alpha value is -2.35. The van der Waals surface area contributed by atoms with E-state index >= 15 is 0 Å². The summed E-state index contributed by atoms with van der Waals surface area (Å²) in [5.41, 5.74) is 0.417. The minimum atomic E-state index is -0.869. The van der Waals surface area contributed by atoms with Crippen LogP contribution in [0.4, 0.5) is 5.69 Å². The maximum absolute atomic E-state index is 11.9. The number of nitrogens with zero attached hydrogens (tertiary/aromatic N) is 1. The number of aliphatic imine (C=N–C) groups is 1. The molecule has 1 heterocycles. The fraction of sp³-hybridized carbons (Fsp3) is 0.286. The van der Waals surface area contributed by atoms with Gasteiger partial charge in [0.1, 0.15) is 0 Å². The van der Waals surface area contributed by atoms with Crippen molar-refractivity contribution in [3.05, 3.63) is 29.8 Å². The van der Waals surface area contributed by atoms with Gasteiger partial charge in [-0.25, -0.2) is 4.79 Å². The van der Waals surface area contributed by atoms with Crippen LogP contribution in [0.15, 0.2) is 29.3 Å². The first kappa shape index (κ1) is 16.0. The molecular formula is C14H15N3O4S. The van der Waals surface area contributed by atoms with Crippen LogP contribution in [0.5, 0.6) is 0 Å².